The van der Waals surface area contributed by atoms with E-state index in [1.807, 2.05) is 37.3 Å². The summed E-state index contributed by atoms with van der Waals surface area (Å²) in [4.78, 5) is 31.0. The number of fused-ring (bicyclic) bond motifs is 1. The minimum Gasteiger partial charge on any atom is -0.378 e. The summed E-state index contributed by atoms with van der Waals surface area (Å²) in [6.45, 7) is 5.09. The molecule has 0 amide bonds. The van der Waals surface area contributed by atoms with Crippen LogP contribution in [0.4, 0.5) is 17.2 Å². The molecule has 0 aliphatic carbocycles. The first-order valence-electron chi connectivity index (χ1n) is 10.2. The summed E-state index contributed by atoms with van der Waals surface area (Å²) in [7, 11) is 0. The molecule has 1 aromatic carbocycles. The Balaban J connectivity index is 1.53. The number of pyridine rings is 2. The van der Waals surface area contributed by atoms with Crippen molar-refractivity contribution in [3.8, 4) is 11.4 Å². The van der Waals surface area contributed by atoms with Crippen LogP contribution in [-0.4, -0.2) is 46.2 Å². The highest BCUT2D eigenvalue weighted by atomic mass is 16.5. The van der Waals surface area contributed by atoms with E-state index in [0.717, 1.165) is 43.1 Å². The third-order valence-electron chi connectivity index (χ3n) is 5.30. The molecule has 0 spiro atoms. The fourth-order valence-corrected chi connectivity index (χ4v) is 3.75. The number of aromatic amines is 1. The van der Waals surface area contributed by atoms with Gasteiger partial charge >= 0.3 is 0 Å². The zero-order chi connectivity index (χ0) is 21.2. The second-order valence-corrected chi connectivity index (χ2v) is 7.39. The highest BCUT2D eigenvalue weighted by molar-refractivity contribution is 5.94. The van der Waals surface area contributed by atoms with Crippen molar-refractivity contribution in [2.75, 3.05) is 36.5 Å². The minimum absolute atomic E-state index is 0.192. The molecule has 0 atom stereocenters. The van der Waals surface area contributed by atoms with Gasteiger partial charge in [0.15, 0.2) is 0 Å². The Hall–Kier alpha value is -3.78. The number of nitrogens with one attached hydrogen (secondary N) is 2. The van der Waals surface area contributed by atoms with Gasteiger partial charge in [-0.15, -0.1) is 0 Å². The molecule has 156 valence electrons. The van der Waals surface area contributed by atoms with E-state index in [0.29, 0.717) is 28.4 Å². The molecule has 0 saturated carbocycles. The standard InChI is InChI=1S/C23H22N6O2/c1-15-24-9-7-19(26-15)20-14-16-6-8-25-23(30)21(16)22(28-20)27-17-2-4-18(5-3-17)29-10-12-31-13-11-29/h2-9,14H,10-13H2,1H3,(H,25,30)(H,27,28). The van der Waals surface area contributed by atoms with Crippen LogP contribution >= 0.6 is 0 Å². The third kappa shape index (κ3) is 3.97. The summed E-state index contributed by atoms with van der Waals surface area (Å²) < 4.78 is 5.43. The van der Waals surface area contributed by atoms with Crippen molar-refractivity contribution < 1.29 is 4.74 Å². The molecule has 31 heavy (non-hydrogen) atoms. The summed E-state index contributed by atoms with van der Waals surface area (Å²) in [5, 5.41) is 4.62. The number of nitrogens with zero attached hydrogens (tertiary/aromatic N) is 4. The summed E-state index contributed by atoms with van der Waals surface area (Å²) in [5.74, 6) is 1.16. The second-order valence-electron chi connectivity index (χ2n) is 7.39. The molecule has 3 aromatic heterocycles. The average molecular weight is 414 g/mol. The van der Waals surface area contributed by atoms with Crippen molar-refractivity contribution in [2.24, 2.45) is 0 Å². The monoisotopic (exact) mass is 414 g/mol. The van der Waals surface area contributed by atoms with Crippen LogP contribution in [0.25, 0.3) is 22.2 Å². The Morgan fingerprint density at radius 3 is 2.61 bits per heavy atom. The molecule has 0 unspecified atom stereocenters. The van der Waals surface area contributed by atoms with E-state index in [9.17, 15) is 4.79 Å². The van der Waals surface area contributed by atoms with E-state index in [4.69, 9.17) is 9.72 Å². The van der Waals surface area contributed by atoms with Gasteiger partial charge in [0.05, 0.1) is 30.0 Å². The van der Waals surface area contributed by atoms with Crippen LogP contribution in [-0.2, 0) is 4.74 Å². The third-order valence-corrected chi connectivity index (χ3v) is 5.30. The summed E-state index contributed by atoms with van der Waals surface area (Å²) >= 11 is 0. The number of H-pyrrole nitrogens is 1. The van der Waals surface area contributed by atoms with Gasteiger partial charge in [-0.05, 0) is 54.8 Å². The first-order valence-corrected chi connectivity index (χ1v) is 10.2. The number of morpholine rings is 1. The molecular weight excluding hydrogens is 392 g/mol. The normalized spacial score (nSPS) is 14.0. The van der Waals surface area contributed by atoms with E-state index in [1.54, 1.807) is 12.4 Å². The van der Waals surface area contributed by atoms with Crippen LogP contribution in [0.5, 0.6) is 0 Å². The summed E-state index contributed by atoms with van der Waals surface area (Å²) in [5.41, 5.74) is 3.19. The molecule has 2 N–H and O–H groups in total. The Kier molecular flexibility index (Phi) is 5.05. The lowest BCUT2D eigenvalue weighted by Crippen LogP contribution is -2.36. The van der Waals surface area contributed by atoms with Crippen LogP contribution in [0, 0.1) is 6.92 Å². The Morgan fingerprint density at radius 2 is 1.84 bits per heavy atom. The number of hydrogen-bond donors (Lipinski definition) is 2. The fourth-order valence-electron chi connectivity index (χ4n) is 3.75. The smallest absolute Gasteiger partial charge is 0.259 e. The lowest BCUT2D eigenvalue weighted by molar-refractivity contribution is 0.122. The van der Waals surface area contributed by atoms with E-state index >= 15 is 0 Å². The van der Waals surface area contributed by atoms with Crippen molar-refractivity contribution in [3.63, 3.8) is 0 Å². The van der Waals surface area contributed by atoms with E-state index in [1.165, 1.54) is 0 Å². The fraction of sp³-hybridized carbons (Fsp3) is 0.217. The van der Waals surface area contributed by atoms with Crippen molar-refractivity contribution >= 4 is 28.0 Å². The lowest BCUT2D eigenvalue weighted by atomic mass is 10.1. The molecule has 0 bridgehead atoms. The van der Waals surface area contributed by atoms with Gasteiger partial charge in [0.2, 0.25) is 0 Å². The van der Waals surface area contributed by atoms with E-state index in [2.05, 4.69) is 37.3 Å². The second kappa shape index (κ2) is 8.16. The zero-order valence-electron chi connectivity index (χ0n) is 17.1. The maximum atomic E-state index is 12.6. The lowest BCUT2D eigenvalue weighted by Gasteiger charge is -2.28. The number of rotatable bonds is 4. The van der Waals surface area contributed by atoms with Crippen LogP contribution in [0.3, 0.4) is 0 Å². The Labute approximate surface area is 179 Å². The van der Waals surface area contributed by atoms with Crippen LogP contribution in [0.2, 0.25) is 0 Å². The van der Waals surface area contributed by atoms with Crippen molar-refractivity contribution in [1.29, 1.82) is 0 Å². The number of anilines is 3. The first kappa shape index (κ1) is 19.2. The highest BCUT2D eigenvalue weighted by Crippen LogP contribution is 2.28. The van der Waals surface area contributed by atoms with Gasteiger partial charge < -0.3 is 19.9 Å². The number of hydrogen-bond acceptors (Lipinski definition) is 7. The van der Waals surface area contributed by atoms with Gasteiger partial charge in [-0.25, -0.2) is 15.0 Å². The highest BCUT2D eigenvalue weighted by Gasteiger charge is 2.14. The number of ether oxygens (including phenoxy) is 1. The summed E-state index contributed by atoms with van der Waals surface area (Å²) in [6, 6.07) is 13.7. The zero-order valence-corrected chi connectivity index (χ0v) is 17.1. The molecule has 0 radical (unpaired) electrons. The number of aryl methyl sites for hydroxylation is 1. The predicted octanol–water partition coefficient (Wildman–Crippen LogP) is 3.27. The minimum atomic E-state index is -0.192. The van der Waals surface area contributed by atoms with Crippen LogP contribution in [0.1, 0.15) is 5.82 Å². The largest absolute Gasteiger partial charge is 0.378 e. The first-order chi connectivity index (χ1) is 15.2. The molecule has 4 aromatic rings. The molecule has 8 nitrogen and oxygen atoms in total. The number of benzene rings is 1. The van der Waals surface area contributed by atoms with Gasteiger partial charge in [0.25, 0.3) is 5.56 Å². The molecule has 4 heterocycles. The molecule has 1 aliphatic rings. The van der Waals surface area contributed by atoms with Crippen molar-refractivity contribution in [3.05, 3.63) is 71.0 Å². The van der Waals surface area contributed by atoms with Gasteiger partial charge in [-0.1, -0.05) is 0 Å². The molecule has 1 saturated heterocycles. The molecule has 1 fully saturated rings. The topological polar surface area (TPSA) is 96.0 Å². The molecule has 1 aliphatic heterocycles. The maximum Gasteiger partial charge on any atom is 0.259 e. The molecular formula is C23H22N6O2. The maximum absolute atomic E-state index is 12.6. The van der Waals surface area contributed by atoms with Gasteiger partial charge in [0, 0.05) is 36.9 Å². The Bertz CT molecular complexity index is 1280. The van der Waals surface area contributed by atoms with E-state index < -0.39 is 0 Å². The van der Waals surface area contributed by atoms with E-state index in [-0.39, 0.29) is 5.56 Å². The quantitative estimate of drug-likeness (QED) is 0.529. The van der Waals surface area contributed by atoms with Gasteiger partial charge in [-0.3, -0.25) is 4.79 Å². The van der Waals surface area contributed by atoms with Gasteiger partial charge in [-0.2, -0.15) is 0 Å². The van der Waals surface area contributed by atoms with Crippen LogP contribution in [0.15, 0.2) is 59.7 Å². The average Bonchev–Trinajstić information content (AvgIpc) is 2.80. The van der Waals surface area contributed by atoms with Crippen LogP contribution < -0.4 is 15.8 Å². The predicted molar refractivity (Wildman–Crippen MR) is 121 cm³/mol. The molecule has 8 heteroatoms. The number of aromatic nitrogens is 4. The summed E-state index contributed by atoms with van der Waals surface area (Å²) in [6.07, 6.45) is 3.35. The van der Waals surface area contributed by atoms with Crippen molar-refractivity contribution in [1.82, 2.24) is 19.9 Å². The van der Waals surface area contributed by atoms with Gasteiger partial charge in [0.1, 0.15) is 11.6 Å². The Morgan fingerprint density at radius 1 is 1.03 bits per heavy atom. The van der Waals surface area contributed by atoms with Crippen molar-refractivity contribution in [2.45, 2.75) is 6.92 Å². The SMILES string of the molecule is Cc1nccc(-c2cc3cc[nH]c(=O)c3c(Nc3ccc(N4CCOCC4)cc3)n2)n1. The molecule has 5 rings (SSSR count).